The van der Waals surface area contributed by atoms with Crippen LogP contribution in [0.3, 0.4) is 0 Å². The quantitative estimate of drug-likeness (QED) is 0.422. The Kier molecular flexibility index (Phi) is 4.49. The average Bonchev–Trinajstić information content (AvgIpc) is 3.03. The number of aryl methyl sites for hydroxylation is 1. The molecule has 29 heavy (non-hydrogen) atoms. The van der Waals surface area contributed by atoms with Crippen molar-refractivity contribution in [3.05, 3.63) is 71.7 Å². The van der Waals surface area contributed by atoms with Gasteiger partial charge >= 0.3 is 6.18 Å². The second-order valence-electron chi connectivity index (χ2n) is 6.43. The number of rotatable bonds is 3. The molecule has 0 aliphatic carbocycles. The highest BCUT2D eigenvalue weighted by Gasteiger charge is 2.36. The summed E-state index contributed by atoms with van der Waals surface area (Å²) in [7, 11) is 1.50. The molecule has 8 heteroatoms. The van der Waals surface area contributed by atoms with E-state index in [1.807, 2.05) is 0 Å². The van der Waals surface area contributed by atoms with Crippen molar-refractivity contribution in [2.75, 3.05) is 7.11 Å². The van der Waals surface area contributed by atoms with Crippen LogP contribution in [-0.2, 0) is 6.18 Å². The van der Waals surface area contributed by atoms with Crippen LogP contribution in [0.15, 0.2) is 54.6 Å². The first kappa shape index (κ1) is 18.9. The number of hydrogen-bond acceptors (Lipinski definition) is 3. The summed E-state index contributed by atoms with van der Waals surface area (Å²) in [5, 5.41) is 4.00. The lowest BCUT2D eigenvalue weighted by Crippen LogP contribution is -2.08. The van der Waals surface area contributed by atoms with Gasteiger partial charge in [0.25, 0.3) is 0 Å². The zero-order valence-corrected chi connectivity index (χ0v) is 15.5. The first-order valence-corrected chi connectivity index (χ1v) is 8.66. The minimum absolute atomic E-state index is 0.0260. The van der Waals surface area contributed by atoms with Crippen molar-refractivity contribution in [2.24, 2.45) is 0 Å². The van der Waals surface area contributed by atoms with E-state index in [4.69, 9.17) is 4.74 Å². The van der Waals surface area contributed by atoms with Gasteiger partial charge in [-0.3, -0.25) is 0 Å². The second-order valence-corrected chi connectivity index (χ2v) is 6.43. The summed E-state index contributed by atoms with van der Waals surface area (Å²) in [5.74, 6) is -0.0415. The van der Waals surface area contributed by atoms with Crippen LogP contribution < -0.4 is 4.74 Å². The van der Waals surface area contributed by atoms with Crippen molar-refractivity contribution in [3.8, 4) is 22.7 Å². The summed E-state index contributed by atoms with van der Waals surface area (Å²) in [6.07, 6.45) is -4.63. The number of halogens is 4. The second kappa shape index (κ2) is 6.88. The number of ether oxygens (including phenoxy) is 1. The summed E-state index contributed by atoms with van der Waals surface area (Å²) in [6, 6.07) is 13.2. The molecule has 4 rings (SSSR count). The fourth-order valence-electron chi connectivity index (χ4n) is 3.21. The lowest BCUT2D eigenvalue weighted by Gasteiger charge is -2.12. The lowest BCUT2D eigenvalue weighted by molar-refractivity contribution is -0.136. The maximum absolute atomic E-state index is 14.3. The topological polar surface area (TPSA) is 39.9 Å². The van der Waals surface area contributed by atoms with E-state index >= 15 is 0 Å². The molecule has 0 spiro atoms. The Bertz CT molecular complexity index is 1200. The Hall–Kier alpha value is -3.42. The van der Waals surface area contributed by atoms with E-state index < -0.39 is 17.6 Å². The van der Waals surface area contributed by atoms with E-state index in [0.717, 1.165) is 10.7 Å². The van der Waals surface area contributed by atoms with Crippen LogP contribution in [-0.4, -0.2) is 21.9 Å². The van der Waals surface area contributed by atoms with Crippen LogP contribution in [0.5, 0.6) is 5.75 Å². The van der Waals surface area contributed by atoms with Crippen LogP contribution in [0.25, 0.3) is 28.0 Å². The number of alkyl halides is 3. The van der Waals surface area contributed by atoms with Gasteiger partial charge < -0.3 is 4.74 Å². The molecule has 0 aliphatic rings. The maximum Gasteiger partial charge on any atom is 0.417 e. The summed E-state index contributed by atoms with van der Waals surface area (Å²) in [5.41, 5.74) is -0.216. The van der Waals surface area contributed by atoms with E-state index in [2.05, 4.69) is 10.1 Å². The zero-order chi connectivity index (χ0) is 20.8. The van der Waals surface area contributed by atoms with Crippen molar-refractivity contribution >= 4 is 11.0 Å². The van der Waals surface area contributed by atoms with Gasteiger partial charge in [-0.05, 0) is 49.4 Å². The number of fused-ring (bicyclic) bond motifs is 1. The minimum Gasteiger partial charge on any atom is -0.497 e. The molecule has 0 N–H and O–H groups in total. The van der Waals surface area contributed by atoms with Gasteiger partial charge in [0.15, 0.2) is 5.65 Å². The molecule has 0 aliphatic heterocycles. The average molecular weight is 401 g/mol. The van der Waals surface area contributed by atoms with Crippen molar-refractivity contribution in [1.29, 1.82) is 0 Å². The Morgan fingerprint density at radius 1 is 1.00 bits per heavy atom. The third-order valence-corrected chi connectivity index (χ3v) is 4.58. The third-order valence-electron chi connectivity index (χ3n) is 4.58. The highest BCUT2D eigenvalue weighted by molar-refractivity contribution is 5.87. The molecule has 4 nitrogen and oxygen atoms in total. The molecule has 148 valence electrons. The molecule has 0 atom stereocenters. The molecule has 2 heterocycles. The first-order chi connectivity index (χ1) is 13.8. The van der Waals surface area contributed by atoms with E-state index in [1.165, 1.54) is 32.2 Å². The van der Waals surface area contributed by atoms with Crippen molar-refractivity contribution in [1.82, 2.24) is 14.8 Å². The molecule has 2 aromatic heterocycles. The van der Waals surface area contributed by atoms with E-state index in [0.29, 0.717) is 11.3 Å². The van der Waals surface area contributed by atoms with E-state index in [-0.39, 0.29) is 28.1 Å². The highest BCUT2D eigenvalue weighted by atomic mass is 19.4. The minimum atomic E-state index is -4.63. The van der Waals surface area contributed by atoms with E-state index in [9.17, 15) is 17.6 Å². The predicted octanol–water partition coefficient (Wildman–Crippen LogP) is 5.56. The normalized spacial score (nSPS) is 11.8. The third kappa shape index (κ3) is 3.30. The number of benzene rings is 2. The van der Waals surface area contributed by atoms with Gasteiger partial charge in [-0.2, -0.15) is 18.3 Å². The Morgan fingerprint density at radius 3 is 2.31 bits per heavy atom. The Balaban J connectivity index is 2.04. The van der Waals surface area contributed by atoms with Crippen LogP contribution in [0, 0.1) is 12.7 Å². The molecule has 0 unspecified atom stereocenters. The molecular formula is C21H15F4N3O. The predicted molar refractivity (Wildman–Crippen MR) is 101 cm³/mol. The van der Waals surface area contributed by atoms with E-state index in [1.54, 1.807) is 30.3 Å². The molecule has 0 saturated heterocycles. The SMILES string of the molecule is COc1ccc(-c2cc(C(F)(F)F)c3c(C)nn(-c4ccccc4F)c3n2)cc1. The molecule has 2 aromatic carbocycles. The van der Waals surface area contributed by atoms with Crippen molar-refractivity contribution in [3.63, 3.8) is 0 Å². The maximum atomic E-state index is 14.3. The summed E-state index contributed by atoms with van der Waals surface area (Å²) in [4.78, 5) is 4.41. The van der Waals surface area contributed by atoms with Gasteiger partial charge in [0, 0.05) is 5.56 Å². The monoisotopic (exact) mass is 401 g/mol. The number of hydrogen-bond donors (Lipinski definition) is 0. The van der Waals surface area contributed by atoms with Crippen LogP contribution in [0.1, 0.15) is 11.3 Å². The van der Waals surface area contributed by atoms with Crippen LogP contribution >= 0.6 is 0 Å². The Morgan fingerprint density at radius 2 is 1.69 bits per heavy atom. The molecule has 0 fully saturated rings. The number of aromatic nitrogens is 3. The smallest absolute Gasteiger partial charge is 0.417 e. The first-order valence-electron chi connectivity index (χ1n) is 8.66. The molecule has 0 saturated carbocycles. The van der Waals surface area contributed by atoms with Gasteiger partial charge in [-0.1, -0.05) is 12.1 Å². The molecule has 0 amide bonds. The van der Waals surface area contributed by atoms with Crippen LogP contribution in [0.2, 0.25) is 0 Å². The van der Waals surface area contributed by atoms with Gasteiger partial charge in [-0.15, -0.1) is 0 Å². The largest absolute Gasteiger partial charge is 0.497 e. The lowest BCUT2D eigenvalue weighted by atomic mass is 10.0. The number of para-hydroxylation sites is 1. The summed E-state index contributed by atoms with van der Waals surface area (Å²) >= 11 is 0. The molecular weight excluding hydrogens is 386 g/mol. The number of pyridine rings is 1. The number of nitrogens with zero attached hydrogens (tertiary/aromatic N) is 3. The standard InChI is InChI=1S/C21H15F4N3O/c1-12-19-15(21(23,24)25)11-17(13-7-9-14(29-2)10-8-13)26-20(19)28(27-12)18-6-4-3-5-16(18)22/h3-11H,1-2H3. The fraction of sp³-hybridized carbons (Fsp3) is 0.143. The van der Waals surface area contributed by atoms with Crippen molar-refractivity contribution in [2.45, 2.75) is 13.1 Å². The van der Waals surface area contributed by atoms with Gasteiger partial charge in [0.05, 0.1) is 29.4 Å². The van der Waals surface area contributed by atoms with Gasteiger partial charge in [0.2, 0.25) is 0 Å². The summed E-state index contributed by atoms with van der Waals surface area (Å²) in [6.45, 7) is 1.45. The molecule has 0 bridgehead atoms. The fourth-order valence-corrected chi connectivity index (χ4v) is 3.21. The van der Waals surface area contributed by atoms with Gasteiger partial charge in [0.1, 0.15) is 17.3 Å². The molecule has 0 radical (unpaired) electrons. The highest BCUT2D eigenvalue weighted by Crippen LogP contribution is 2.39. The number of methoxy groups -OCH3 is 1. The van der Waals surface area contributed by atoms with Gasteiger partial charge in [-0.25, -0.2) is 14.1 Å². The van der Waals surface area contributed by atoms with Crippen molar-refractivity contribution < 1.29 is 22.3 Å². The summed E-state index contributed by atoms with van der Waals surface area (Å²) < 4.78 is 62.1. The molecule has 4 aromatic rings. The van der Waals surface area contributed by atoms with Crippen LogP contribution in [0.4, 0.5) is 17.6 Å². The Labute approximate surface area is 163 Å². The zero-order valence-electron chi connectivity index (χ0n) is 15.5.